The highest BCUT2D eigenvalue weighted by Crippen LogP contribution is 2.33. The summed E-state index contributed by atoms with van der Waals surface area (Å²) < 4.78 is 3.78. The van der Waals surface area contributed by atoms with Gasteiger partial charge in [0, 0.05) is 30.2 Å². The minimum absolute atomic E-state index is 0.133. The van der Waals surface area contributed by atoms with Crippen molar-refractivity contribution in [2.45, 2.75) is 19.3 Å². The van der Waals surface area contributed by atoms with Crippen molar-refractivity contribution in [3.8, 4) is 11.4 Å². The number of rotatable bonds is 4. The molecule has 0 fully saturated rings. The van der Waals surface area contributed by atoms with E-state index >= 15 is 0 Å². The molecule has 0 saturated carbocycles. The normalized spacial score (nSPS) is 11.6. The molecule has 0 unspecified atom stereocenters. The van der Waals surface area contributed by atoms with Crippen molar-refractivity contribution >= 4 is 0 Å². The van der Waals surface area contributed by atoms with Gasteiger partial charge >= 0.3 is 0 Å². The topological polar surface area (TPSA) is 35.6 Å². The Morgan fingerprint density at radius 1 is 0.680 bits per heavy atom. The SMILES string of the molecule is CC(C)(c1cccc(-n2cccn2)c1)c1cccc(-n2cccn2)c1. The fourth-order valence-corrected chi connectivity index (χ4v) is 3.08. The number of nitrogens with zero attached hydrogens (tertiary/aromatic N) is 4. The van der Waals surface area contributed by atoms with E-state index in [0.717, 1.165) is 11.4 Å². The second-order valence-corrected chi connectivity index (χ2v) is 6.63. The Morgan fingerprint density at radius 3 is 1.56 bits per heavy atom. The van der Waals surface area contributed by atoms with Crippen LogP contribution in [0.5, 0.6) is 0 Å². The monoisotopic (exact) mass is 328 g/mol. The minimum Gasteiger partial charge on any atom is -0.241 e. The van der Waals surface area contributed by atoms with Gasteiger partial charge in [-0.05, 0) is 47.5 Å². The maximum Gasteiger partial charge on any atom is 0.0648 e. The molecule has 0 N–H and O–H groups in total. The first kappa shape index (κ1) is 15.4. The summed E-state index contributed by atoms with van der Waals surface area (Å²) in [6, 6.07) is 21.0. The number of benzene rings is 2. The lowest BCUT2D eigenvalue weighted by Crippen LogP contribution is -2.19. The van der Waals surface area contributed by atoms with E-state index in [2.05, 4.69) is 72.6 Å². The van der Waals surface area contributed by atoms with Crippen LogP contribution in [0.3, 0.4) is 0 Å². The Balaban J connectivity index is 1.75. The molecule has 4 aromatic rings. The molecule has 2 heterocycles. The summed E-state index contributed by atoms with van der Waals surface area (Å²) in [4.78, 5) is 0. The Labute approximate surface area is 147 Å². The summed E-state index contributed by atoms with van der Waals surface area (Å²) in [5.41, 5.74) is 4.50. The first-order valence-electron chi connectivity index (χ1n) is 8.36. The summed E-state index contributed by atoms with van der Waals surface area (Å²) in [6.45, 7) is 4.49. The van der Waals surface area contributed by atoms with Crippen molar-refractivity contribution < 1.29 is 0 Å². The maximum absolute atomic E-state index is 4.34. The third kappa shape index (κ3) is 2.87. The quantitative estimate of drug-likeness (QED) is 0.557. The zero-order chi connectivity index (χ0) is 17.3. The third-order valence-corrected chi connectivity index (χ3v) is 4.67. The van der Waals surface area contributed by atoms with E-state index in [9.17, 15) is 0 Å². The molecule has 0 atom stereocenters. The summed E-state index contributed by atoms with van der Waals surface area (Å²) in [5.74, 6) is 0. The second-order valence-electron chi connectivity index (χ2n) is 6.63. The van der Waals surface area contributed by atoms with E-state index in [1.807, 2.05) is 33.9 Å². The molecule has 0 amide bonds. The van der Waals surface area contributed by atoms with Crippen LogP contribution in [-0.4, -0.2) is 19.6 Å². The van der Waals surface area contributed by atoms with Gasteiger partial charge in [0.2, 0.25) is 0 Å². The van der Waals surface area contributed by atoms with Gasteiger partial charge in [0.1, 0.15) is 0 Å². The molecule has 4 heteroatoms. The average Bonchev–Trinajstić information content (AvgIpc) is 3.36. The van der Waals surface area contributed by atoms with Gasteiger partial charge in [0.25, 0.3) is 0 Å². The van der Waals surface area contributed by atoms with Gasteiger partial charge < -0.3 is 0 Å². The molecule has 4 rings (SSSR count). The molecule has 0 aliphatic rings. The van der Waals surface area contributed by atoms with Crippen molar-refractivity contribution in [2.75, 3.05) is 0 Å². The van der Waals surface area contributed by atoms with Crippen LogP contribution in [0.4, 0.5) is 0 Å². The van der Waals surface area contributed by atoms with Gasteiger partial charge in [-0.2, -0.15) is 10.2 Å². The van der Waals surface area contributed by atoms with Crippen LogP contribution >= 0.6 is 0 Å². The lowest BCUT2D eigenvalue weighted by molar-refractivity contribution is 0.638. The van der Waals surface area contributed by atoms with Crippen LogP contribution in [0.15, 0.2) is 85.5 Å². The number of hydrogen-bond acceptors (Lipinski definition) is 2. The van der Waals surface area contributed by atoms with Crippen LogP contribution in [0, 0.1) is 0 Å². The molecule has 0 saturated heterocycles. The molecule has 2 aromatic carbocycles. The average molecular weight is 328 g/mol. The summed E-state index contributed by atoms with van der Waals surface area (Å²) >= 11 is 0. The Kier molecular flexibility index (Phi) is 3.73. The molecule has 0 bridgehead atoms. The largest absolute Gasteiger partial charge is 0.241 e. The van der Waals surface area contributed by atoms with Crippen LogP contribution in [0.2, 0.25) is 0 Å². The molecular weight excluding hydrogens is 308 g/mol. The fourth-order valence-electron chi connectivity index (χ4n) is 3.08. The highest BCUT2D eigenvalue weighted by molar-refractivity contribution is 5.46. The maximum atomic E-state index is 4.34. The van der Waals surface area contributed by atoms with E-state index in [-0.39, 0.29) is 5.41 Å². The van der Waals surface area contributed by atoms with Crippen LogP contribution in [-0.2, 0) is 5.41 Å². The van der Waals surface area contributed by atoms with E-state index in [4.69, 9.17) is 0 Å². The van der Waals surface area contributed by atoms with Gasteiger partial charge in [0.15, 0.2) is 0 Å². The van der Waals surface area contributed by atoms with Gasteiger partial charge in [-0.15, -0.1) is 0 Å². The molecule has 124 valence electrons. The molecule has 0 aliphatic carbocycles. The minimum atomic E-state index is -0.133. The number of hydrogen-bond donors (Lipinski definition) is 0. The first-order valence-corrected chi connectivity index (χ1v) is 8.36. The van der Waals surface area contributed by atoms with Gasteiger partial charge in [-0.25, -0.2) is 9.36 Å². The van der Waals surface area contributed by atoms with E-state index in [1.54, 1.807) is 12.4 Å². The Morgan fingerprint density at radius 2 is 1.16 bits per heavy atom. The first-order chi connectivity index (χ1) is 12.1. The molecule has 25 heavy (non-hydrogen) atoms. The van der Waals surface area contributed by atoms with Gasteiger partial charge in [-0.1, -0.05) is 38.1 Å². The third-order valence-electron chi connectivity index (χ3n) is 4.67. The highest BCUT2D eigenvalue weighted by atomic mass is 15.3. The fraction of sp³-hybridized carbons (Fsp3) is 0.143. The zero-order valence-electron chi connectivity index (χ0n) is 14.4. The summed E-state index contributed by atoms with van der Waals surface area (Å²) in [7, 11) is 0. The Bertz CT molecular complexity index is 887. The molecule has 0 spiro atoms. The predicted molar refractivity (Wildman–Crippen MR) is 99.3 cm³/mol. The van der Waals surface area contributed by atoms with Crippen molar-refractivity contribution in [1.82, 2.24) is 19.6 Å². The number of aromatic nitrogens is 4. The van der Waals surface area contributed by atoms with E-state index < -0.39 is 0 Å². The predicted octanol–water partition coefficient (Wildman–Crippen LogP) is 4.38. The van der Waals surface area contributed by atoms with Crippen molar-refractivity contribution in [1.29, 1.82) is 0 Å². The van der Waals surface area contributed by atoms with Crippen LogP contribution in [0.1, 0.15) is 25.0 Å². The van der Waals surface area contributed by atoms with E-state index in [1.165, 1.54) is 11.1 Å². The van der Waals surface area contributed by atoms with Crippen molar-refractivity contribution in [2.24, 2.45) is 0 Å². The molecule has 0 radical (unpaired) electrons. The summed E-state index contributed by atoms with van der Waals surface area (Å²) in [6.07, 6.45) is 7.52. The van der Waals surface area contributed by atoms with Gasteiger partial charge in [-0.3, -0.25) is 0 Å². The van der Waals surface area contributed by atoms with Gasteiger partial charge in [0.05, 0.1) is 11.4 Å². The highest BCUT2D eigenvalue weighted by Gasteiger charge is 2.24. The van der Waals surface area contributed by atoms with Crippen LogP contribution < -0.4 is 0 Å². The molecular formula is C21H20N4. The molecule has 2 aromatic heterocycles. The van der Waals surface area contributed by atoms with E-state index in [0.29, 0.717) is 0 Å². The standard InChI is InChI=1S/C21H20N4/c1-21(2,17-7-3-9-19(15-17)24-13-5-11-22-24)18-8-4-10-20(16-18)25-14-6-12-23-25/h3-16H,1-2H3. The van der Waals surface area contributed by atoms with Crippen molar-refractivity contribution in [3.63, 3.8) is 0 Å². The Hall–Kier alpha value is -3.14. The smallest absolute Gasteiger partial charge is 0.0648 e. The lowest BCUT2D eigenvalue weighted by atomic mass is 9.78. The molecule has 4 nitrogen and oxygen atoms in total. The van der Waals surface area contributed by atoms with Crippen molar-refractivity contribution in [3.05, 3.63) is 96.6 Å². The second kappa shape index (κ2) is 6.06. The van der Waals surface area contributed by atoms with Crippen LogP contribution in [0.25, 0.3) is 11.4 Å². The zero-order valence-corrected chi connectivity index (χ0v) is 14.4. The lowest BCUT2D eigenvalue weighted by Gasteiger charge is -2.27. The molecule has 0 aliphatic heterocycles. The summed E-state index contributed by atoms with van der Waals surface area (Å²) in [5, 5.41) is 8.67.